The molecule has 80 valence electrons. The molecule has 1 rings (SSSR count). The maximum Gasteiger partial charge on any atom is 0.222 e. The number of methoxy groups -OCH3 is 1. The zero-order chi connectivity index (χ0) is 11.6. The third kappa shape index (κ3) is 2.07. The SMILES string of the molecule is C=C(O)c1cc(C(=C)OC)n(C)c(=N)n1. The molecule has 1 heterocycles. The van der Waals surface area contributed by atoms with E-state index in [4.69, 9.17) is 10.1 Å². The maximum atomic E-state index is 9.20. The molecule has 0 fully saturated rings. The molecule has 0 aliphatic carbocycles. The summed E-state index contributed by atoms with van der Waals surface area (Å²) in [4.78, 5) is 3.83. The van der Waals surface area contributed by atoms with Crippen molar-refractivity contribution in [1.82, 2.24) is 9.55 Å². The summed E-state index contributed by atoms with van der Waals surface area (Å²) in [6.45, 7) is 7.03. The average molecular weight is 207 g/mol. The van der Waals surface area contributed by atoms with Crippen molar-refractivity contribution < 1.29 is 9.84 Å². The van der Waals surface area contributed by atoms with Crippen molar-refractivity contribution in [2.24, 2.45) is 7.05 Å². The van der Waals surface area contributed by atoms with Gasteiger partial charge in [0, 0.05) is 7.05 Å². The zero-order valence-electron chi connectivity index (χ0n) is 8.74. The molecule has 5 heteroatoms. The lowest BCUT2D eigenvalue weighted by Gasteiger charge is -2.11. The molecule has 0 saturated heterocycles. The molecular formula is C10H13N3O2. The molecular weight excluding hydrogens is 194 g/mol. The summed E-state index contributed by atoms with van der Waals surface area (Å²) in [6.07, 6.45) is 0. The summed E-state index contributed by atoms with van der Waals surface area (Å²) in [7, 11) is 3.15. The fourth-order valence-electron chi connectivity index (χ4n) is 1.08. The normalized spacial score (nSPS) is 9.73. The topological polar surface area (TPSA) is 71.1 Å². The van der Waals surface area contributed by atoms with Gasteiger partial charge in [-0.05, 0) is 6.07 Å². The number of aliphatic hydroxyl groups excluding tert-OH is 1. The number of rotatable bonds is 3. The second-order valence-electron chi connectivity index (χ2n) is 2.98. The van der Waals surface area contributed by atoms with Crippen LogP contribution in [0.3, 0.4) is 0 Å². The standard InChI is InChI=1S/C10H13N3O2/c1-6(14)8-5-9(7(2)15-4)13(3)10(11)12-8/h5,11,14H,1-2H2,3-4H3. The van der Waals surface area contributed by atoms with Crippen LogP contribution in [0.5, 0.6) is 0 Å². The highest BCUT2D eigenvalue weighted by Gasteiger charge is 2.08. The first-order valence-corrected chi connectivity index (χ1v) is 4.21. The highest BCUT2D eigenvalue weighted by molar-refractivity contribution is 5.59. The van der Waals surface area contributed by atoms with E-state index in [1.54, 1.807) is 13.1 Å². The van der Waals surface area contributed by atoms with Crippen molar-refractivity contribution in [3.05, 3.63) is 36.2 Å². The molecule has 0 saturated carbocycles. The van der Waals surface area contributed by atoms with Gasteiger partial charge in [-0.25, -0.2) is 4.98 Å². The molecule has 0 aromatic carbocycles. The number of hydrogen-bond donors (Lipinski definition) is 2. The maximum absolute atomic E-state index is 9.20. The summed E-state index contributed by atoms with van der Waals surface area (Å²) in [5, 5.41) is 16.8. The molecule has 0 unspecified atom stereocenters. The Hall–Kier alpha value is -2.04. The number of hydrogen-bond acceptors (Lipinski definition) is 4. The Bertz CT molecular complexity index is 474. The number of ether oxygens (including phenoxy) is 1. The van der Waals surface area contributed by atoms with Crippen molar-refractivity contribution in [3.63, 3.8) is 0 Å². The van der Waals surface area contributed by atoms with Crippen LogP contribution in [-0.2, 0) is 11.8 Å². The first kappa shape index (κ1) is 11.0. The van der Waals surface area contributed by atoms with Gasteiger partial charge in [-0.1, -0.05) is 13.2 Å². The molecule has 0 amide bonds. The summed E-state index contributed by atoms with van der Waals surface area (Å²) in [5.41, 5.74) is 0.810. The van der Waals surface area contributed by atoms with E-state index in [2.05, 4.69) is 18.1 Å². The summed E-state index contributed by atoms with van der Waals surface area (Å²) in [5.74, 6) is 0.213. The number of nitrogens with zero attached hydrogens (tertiary/aromatic N) is 2. The van der Waals surface area contributed by atoms with Crippen LogP contribution in [0.4, 0.5) is 0 Å². The van der Waals surface area contributed by atoms with Gasteiger partial charge in [0.05, 0.1) is 12.8 Å². The van der Waals surface area contributed by atoms with E-state index in [9.17, 15) is 5.11 Å². The highest BCUT2D eigenvalue weighted by Crippen LogP contribution is 2.13. The molecule has 15 heavy (non-hydrogen) atoms. The Kier molecular flexibility index (Phi) is 2.94. The second kappa shape index (κ2) is 4.00. The van der Waals surface area contributed by atoms with Crippen molar-refractivity contribution >= 4 is 11.5 Å². The predicted octanol–water partition coefficient (Wildman–Crippen LogP) is 1.05. The summed E-state index contributed by atoms with van der Waals surface area (Å²) >= 11 is 0. The Morgan fingerprint density at radius 1 is 1.60 bits per heavy atom. The molecule has 0 bridgehead atoms. The third-order valence-electron chi connectivity index (χ3n) is 2.01. The fourth-order valence-corrected chi connectivity index (χ4v) is 1.08. The molecule has 1 aromatic rings. The minimum atomic E-state index is -0.186. The molecule has 5 nitrogen and oxygen atoms in total. The van der Waals surface area contributed by atoms with Gasteiger partial charge in [-0.15, -0.1) is 0 Å². The Labute approximate surface area is 87.5 Å². The highest BCUT2D eigenvalue weighted by atomic mass is 16.5. The van der Waals surface area contributed by atoms with E-state index in [1.165, 1.54) is 11.7 Å². The lowest BCUT2D eigenvalue weighted by Crippen LogP contribution is -2.24. The Morgan fingerprint density at radius 3 is 2.67 bits per heavy atom. The van der Waals surface area contributed by atoms with Crippen LogP contribution in [-0.4, -0.2) is 21.8 Å². The summed E-state index contributed by atoms with van der Waals surface area (Å²) < 4.78 is 6.47. The van der Waals surface area contributed by atoms with Gasteiger partial charge in [0.2, 0.25) is 5.62 Å². The van der Waals surface area contributed by atoms with Crippen molar-refractivity contribution in [1.29, 1.82) is 5.41 Å². The number of aromatic nitrogens is 2. The van der Waals surface area contributed by atoms with E-state index in [0.717, 1.165) is 0 Å². The van der Waals surface area contributed by atoms with Gasteiger partial charge in [0.1, 0.15) is 17.2 Å². The van der Waals surface area contributed by atoms with E-state index < -0.39 is 0 Å². The molecule has 1 aromatic heterocycles. The largest absolute Gasteiger partial charge is 0.506 e. The summed E-state index contributed by atoms with van der Waals surface area (Å²) in [6, 6.07) is 1.56. The van der Waals surface area contributed by atoms with E-state index in [-0.39, 0.29) is 17.1 Å². The monoisotopic (exact) mass is 207 g/mol. The Balaban J connectivity index is 3.44. The molecule has 0 aliphatic heterocycles. The predicted molar refractivity (Wildman–Crippen MR) is 56.8 cm³/mol. The van der Waals surface area contributed by atoms with Crippen molar-refractivity contribution in [3.8, 4) is 0 Å². The fraction of sp³-hybridized carbons (Fsp3) is 0.200. The van der Waals surface area contributed by atoms with Crippen LogP contribution in [0.25, 0.3) is 11.5 Å². The number of aliphatic hydroxyl groups is 1. The van der Waals surface area contributed by atoms with Crippen LogP contribution >= 0.6 is 0 Å². The van der Waals surface area contributed by atoms with E-state index in [0.29, 0.717) is 11.5 Å². The van der Waals surface area contributed by atoms with Gasteiger partial charge in [-0.2, -0.15) is 0 Å². The van der Waals surface area contributed by atoms with E-state index >= 15 is 0 Å². The van der Waals surface area contributed by atoms with Gasteiger partial charge >= 0.3 is 0 Å². The van der Waals surface area contributed by atoms with Gasteiger partial charge < -0.3 is 14.4 Å². The molecule has 0 aliphatic rings. The van der Waals surface area contributed by atoms with Crippen molar-refractivity contribution in [2.45, 2.75) is 0 Å². The molecule has 2 N–H and O–H groups in total. The van der Waals surface area contributed by atoms with Crippen LogP contribution in [0.1, 0.15) is 11.4 Å². The number of nitrogens with one attached hydrogen (secondary N) is 1. The van der Waals surface area contributed by atoms with Crippen LogP contribution in [0, 0.1) is 5.41 Å². The lowest BCUT2D eigenvalue weighted by atomic mass is 10.2. The third-order valence-corrected chi connectivity index (χ3v) is 2.01. The molecule has 0 spiro atoms. The van der Waals surface area contributed by atoms with Crippen LogP contribution in [0.15, 0.2) is 19.2 Å². The first-order valence-electron chi connectivity index (χ1n) is 4.21. The minimum Gasteiger partial charge on any atom is -0.506 e. The minimum absolute atomic E-state index is 0.00380. The van der Waals surface area contributed by atoms with Gasteiger partial charge in [0.25, 0.3) is 0 Å². The smallest absolute Gasteiger partial charge is 0.222 e. The van der Waals surface area contributed by atoms with Gasteiger partial charge in [-0.3, -0.25) is 5.41 Å². The van der Waals surface area contributed by atoms with Crippen LogP contribution in [0.2, 0.25) is 0 Å². The average Bonchev–Trinajstić information content (AvgIpc) is 2.20. The van der Waals surface area contributed by atoms with Crippen LogP contribution < -0.4 is 5.62 Å². The van der Waals surface area contributed by atoms with Gasteiger partial charge in [0.15, 0.2) is 0 Å². The van der Waals surface area contributed by atoms with E-state index in [1.807, 2.05) is 0 Å². The van der Waals surface area contributed by atoms with Crippen molar-refractivity contribution in [2.75, 3.05) is 7.11 Å². The molecule has 0 atom stereocenters. The second-order valence-corrected chi connectivity index (χ2v) is 2.98. The molecule has 0 radical (unpaired) electrons. The first-order chi connectivity index (χ1) is 6.97. The Morgan fingerprint density at radius 2 is 2.20 bits per heavy atom. The lowest BCUT2D eigenvalue weighted by molar-refractivity contribution is 0.366. The zero-order valence-corrected chi connectivity index (χ0v) is 8.74. The quantitative estimate of drug-likeness (QED) is 0.727.